The molecule has 5 heteroatoms. The zero-order valence-corrected chi connectivity index (χ0v) is 12.4. The summed E-state index contributed by atoms with van der Waals surface area (Å²) in [5.74, 6) is 0. The molecule has 0 spiro atoms. The topological polar surface area (TPSA) is 38.5 Å². The molecule has 17 heavy (non-hydrogen) atoms. The van der Waals surface area contributed by atoms with Gasteiger partial charge in [-0.05, 0) is 39.5 Å². The third kappa shape index (κ3) is 4.92. The Bertz CT molecular complexity index is 201. The standard InChI is InChI=1S/C12H24N2O.2ClH/c1-9-7-14(8-10(2)15-9)12-5-3-11(13)4-6-12;;/h9-12H,3-8,13H2,1-2H3;2*1H/t9?,10?,11-,12-;;. The van der Waals surface area contributed by atoms with Crippen LogP contribution in [-0.2, 0) is 4.74 Å². The van der Waals surface area contributed by atoms with Gasteiger partial charge in [0.05, 0.1) is 12.2 Å². The first kappa shape index (κ1) is 17.5. The number of morpholine rings is 1. The summed E-state index contributed by atoms with van der Waals surface area (Å²) in [4.78, 5) is 2.62. The first-order valence-corrected chi connectivity index (χ1v) is 6.30. The lowest BCUT2D eigenvalue weighted by Gasteiger charge is -2.42. The number of halogens is 2. The van der Waals surface area contributed by atoms with Crippen molar-refractivity contribution < 1.29 is 4.74 Å². The molecule has 2 unspecified atom stereocenters. The average molecular weight is 285 g/mol. The van der Waals surface area contributed by atoms with Gasteiger partial charge in [0.1, 0.15) is 0 Å². The molecule has 0 amide bonds. The molecule has 0 radical (unpaired) electrons. The molecule has 1 aliphatic heterocycles. The first-order valence-electron chi connectivity index (χ1n) is 6.30. The molecule has 0 aromatic rings. The van der Waals surface area contributed by atoms with Crippen molar-refractivity contribution in [2.24, 2.45) is 5.73 Å². The van der Waals surface area contributed by atoms with E-state index in [2.05, 4.69) is 18.7 Å². The summed E-state index contributed by atoms with van der Waals surface area (Å²) >= 11 is 0. The van der Waals surface area contributed by atoms with Crippen LogP contribution in [0.3, 0.4) is 0 Å². The van der Waals surface area contributed by atoms with E-state index in [9.17, 15) is 0 Å². The number of nitrogens with zero attached hydrogens (tertiary/aromatic N) is 1. The fourth-order valence-electron chi connectivity index (χ4n) is 2.98. The quantitative estimate of drug-likeness (QED) is 0.803. The van der Waals surface area contributed by atoms with Crippen molar-refractivity contribution in [2.45, 2.75) is 63.8 Å². The lowest BCUT2D eigenvalue weighted by Crippen LogP contribution is -2.51. The fourth-order valence-corrected chi connectivity index (χ4v) is 2.98. The molecule has 2 aliphatic rings. The van der Waals surface area contributed by atoms with Gasteiger partial charge in [0.25, 0.3) is 0 Å². The largest absolute Gasteiger partial charge is 0.373 e. The molecule has 0 aromatic carbocycles. The fraction of sp³-hybridized carbons (Fsp3) is 1.00. The predicted molar refractivity (Wildman–Crippen MR) is 76.3 cm³/mol. The van der Waals surface area contributed by atoms with Gasteiger partial charge >= 0.3 is 0 Å². The summed E-state index contributed by atoms with van der Waals surface area (Å²) < 4.78 is 5.76. The molecule has 0 bridgehead atoms. The van der Waals surface area contributed by atoms with E-state index in [1.54, 1.807) is 0 Å². The maximum atomic E-state index is 5.94. The second-order valence-corrected chi connectivity index (χ2v) is 5.28. The van der Waals surface area contributed by atoms with Crippen LogP contribution in [-0.4, -0.2) is 42.3 Å². The van der Waals surface area contributed by atoms with E-state index >= 15 is 0 Å². The number of rotatable bonds is 1. The van der Waals surface area contributed by atoms with Crippen LogP contribution in [0, 0.1) is 0 Å². The van der Waals surface area contributed by atoms with Crippen LogP contribution in [0.15, 0.2) is 0 Å². The molecule has 1 heterocycles. The second-order valence-electron chi connectivity index (χ2n) is 5.28. The van der Waals surface area contributed by atoms with Gasteiger partial charge in [0.15, 0.2) is 0 Å². The number of nitrogens with two attached hydrogens (primary N) is 1. The summed E-state index contributed by atoms with van der Waals surface area (Å²) in [5, 5.41) is 0. The lowest BCUT2D eigenvalue weighted by molar-refractivity contribution is -0.0843. The molecule has 3 nitrogen and oxygen atoms in total. The summed E-state index contributed by atoms with van der Waals surface area (Å²) in [6, 6.07) is 1.22. The van der Waals surface area contributed by atoms with Crippen LogP contribution in [0.4, 0.5) is 0 Å². The van der Waals surface area contributed by atoms with Crippen molar-refractivity contribution in [1.82, 2.24) is 4.90 Å². The van der Waals surface area contributed by atoms with E-state index in [-0.39, 0.29) is 24.8 Å². The molecule has 2 atom stereocenters. The minimum Gasteiger partial charge on any atom is -0.373 e. The molecule has 1 saturated heterocycles. The Morgan fingerprint density at radius 2 is 1.41 bits per heavy atom. The van der Waals surface area contributed by atoms with Crippen LogP contribution < -0.4 is 5.73 Å². The molecule has 1 saturated carbocycles. The highest BCUT2D eigenvalue weighted by Crippen LogP contribution is 2.24. The zero-order chi connectivity index (χ0) is 10.8. The van der Waals surface area contributed by atoms with Crippen molar-refractivity contribution in [3.63, 3.8) is 0 Å². The third-order valence-electron chi connectivity index (χ3n) is 3.71. The summed E-state index contributed by atoms with van der Waals surface area (Å²) in [7, 11) is 0. The predicted octanol–water partition coefficient (Wildman–Crippen LogP) is 2.21. The molecular formula is C12H26Cl2N2O. The highest BCUT2D eigenvalue weighted by Gasteiger charge is 2.29. The van der Waals surface area contributed by atoms with Gasteiger partial charge in [0, 0.05) is 25.2 Å². The minimum atomic E-state index is 0. The number of ether oxygens (including phenoxy) is 1. The van der Waals surface area contributed by atoms with Gasteiger partial charge in [-0.3, -0.25) is 4.90 Å². The number of hydrogen-bond acceptors (Lipinski definition) is 3. The highest BCUT2D eigenvalue weighted by molar-refractivity contribution is 5.85. The smallest absolute Gasteiger partial charge is 0.0678 e. The van der Waals surface area contributed by atoms with Gasteiger partial charge < -0.3 is 10.5 Å². The lowest BCUT2D eigenvalue weighted by atomic mass is 9.90. The Morgan fingerprint density at radius 3 is 1.88 bits per heavy atom. The Hall–Kier alpha value is 0.460. The average Bonchev–Trinajstić information content (AvgIpc) is 2.17. The normalized spacial score (nSPS) is 39.0. The Morgan fingerprint density at radius 1 is 0.941 bits per heavy atom. The van der Waals surface area contributed by atoms with Crippen molar-refractivity contribution in [3.05, 3.63) is 0 Å². The zero-order valence-electron chi connectivity index (χ0n) is 10.8. The van der Waals surface area contributed by atoms with Crippen molar-refractivity contribution in [1.29, 1.82) is 0 Å². The van der Waals surface area contributed by atoms with E-state index in [0.717, 1.165) is 19.1 Å². The molecule has 104 valence electrons. The van der Waals surface area contributed by atoms with Gasteiger partial charge in [-0.25, -0.2) is 0 Å². The van der Waals surface area contributed by atoms with E-state index in [4.69, 9.17) is 10.5 Å². The van der Waals surface area contributed by atoms with Crippen molar-refractivity contribution in [2.75, 3.05) is 13.1 Å². The highest BCUT2D eigenvalue weighted by atomic mass is 35.5. The Labute approximate surface area is 117 Å². The van der Waals surface area contributed by atoms with Gasteiger partial charge in [-0.1, -0.05) is 0 Å². The van der Waals surface area contributed by atoms with Gasteiger partial charge in [-0.15, -0.1) is 24.8 Å². The van der Waals surface area contributed by atoms with Gasteiger partial charge in [-0.2, -0.15) is 0 Å². The van der Waals surface area contributed by atoms with Crippen LogP contribution in [0.25, 0.3) is 0 Å². The maximum Gasteiger partial charge on any atom is 0.0678 e. The van der Waals surface area contributed by atoms with Gasteiger partial charge in [0.2, 0.25) is 0 Å². The molecule has 2 fully saturated rings. The Balaban J connectivity index is 0.00000128. The second kappa shape index (κ2) is 7.80. The van der Waals surface area contributed by atoms with Crippen LogP contribution in [0.1, 0.15) is 39.5 Å². The van der Waals surface area contributed by atoms with Crippen molar-refractivity contribution >= 4 is 24.8 Å². The molecule has 2 rings (SSSR count). The number of hydrogen-bond donors (Lipinski definition) is 1. The van der Waals surface area contributed by atoms with E-state index in [0.29, 0.717) is 18.2 Å². The molecule has 1 aliphatic carbocycles. The Kier molecular flexibility index (Phi) is 8.01. The molecule has 2 N–H and O–H groups in total. The first-order chi connectivity index (χ1) is 7.15. The molecule has 0 aromatic heterocycles. The van der Waals surface area contributed by atoms with Crippen LogP contribution >= 0.6 is 24.8 Å². The monoisotopic (exact) mass is 284 g/mol. The van der Waals surface area contributed by atoms with E-state index < -0.39 is 0 Å². The minimum absolute atomic E-state index is 0. The van der Waals surface area contributed by atoms with Crippen molar-refractivity contribution in [3.8, 4) is 0 Å². The summed E-state index contributed by atoms with van der Waals surface area (Å²) in [6.07, 6.45) is 5.74. The van der Waals surface area contributed by atoms with Crippen LogP contribution in [0.2, 0.25) is 0 Å². The summed E-state index contributed by atoms with van der Waals surface area (Å²) in [6.45, 7) is 6.56. The molecular weight excluding hydrogens is 259 g/mol. The third-order valence-corrected chi connectivity index (χ3v) is 3.71. The SMILES string of the molecule is CC1CN([C@H]2CC[C@H](N)CC2)CC(C)O1.Cl.Cl. The van der Waals surface area contributed by atoms with E-state index in [1.165, 1.54) is 25.7 Å². The van der Waals surface area contributed by atoms with Crippen LogP contribution in [0.5, 0.6) is 0 Å². The summed E-state index contributed by atoms with van der Waals surface area (Å²) in [5.41, 5.74) is 5.94. The van der Waals surface area contributed by atoms with E-state index in [1.807, 2.05) is 0 Å². The maximum absolute atomic E-state index is 5.94.